The molecule has 5 nitrogen and oxygen atoms in total. The molecule has 6 heteroatoms. The highest BCUT2D eigenvalue weighted by Gasteiger charge is 2.25. The number of carboxylic acid groups (broad SMARTS) is 1. The maximum atomic E-state index is 12.1. The lowest BCUT2D eigenvalue weighted by Crippen LogP contribution is -2.45. The van der Waals surface area contributed by atoms with Gasteiger partial charge in [-0.1, -0.05) is 50.6 Å². The van der Waals surface area contributed by atoms with E-state index in [-0.39, 0.29) is 18.2 Å². The molecule has 122 valence electrons. The van der Waals surface area contributed by atoms with E-state index in [2.05, 4.69) is 10.3 Å². The predicted molar refractivity (Wildman–Crippen MR) is 90.3 cm³/mol. The fraction of sp³-hybridized carbons (Fsp3) is 0.353. The lowest BCUT2D eigenvalue weighted by Gasteiger charge is -2.19. The average molecular weight is 332 g/mol. The van der Waals surface area contributed by atoms with Gasteiger partial charge in [0, 0.05) is 10.9 Å². The quantitative estimate of drug-likeness (QED) is 0.817. The molecule has 0 aliphatic rings. The Kier molecular flexibility index (Phi) is 5.87. The number of rotatable bonds is 7. The summed E-state index contributed by atoms with van der Waals surface area (Å²) < 4.78 is 0. The minimum atomic E-state index is -1.00. The maximum Gasteiger partial charge on any atom is 0.326 e. The van der Waals surface area contributed by atoms with E-state index in [1.165, 1.54) is 11.3 Å². The molecule has 1 aromatic heterocycles. The molecule has 1 heterocycles. The van der Waals surface area contributed by atoms with Gasteiger partial charge in [0.25, 0.3) is 0 Å². The van der Waals surface area contributed by atoms with E-state index in [0.29, 0.717) is 12.1 Å². The van der Waals surface area contributed by atoms with Gasteiger partial charge in [-0.2, -0.15) is 0 Å². The SMILES string of the molecule is CCC(C)C(NC(=O)Cc1csc(-c2ccccc2)n1)C(=O)O. The van der Waals surface area contributed by atoms with E-state index in [4.69, 9.17) is 0 Å². The number of amides is 1. The van der Waals surface area contributed by atoms with Gasteiger partial charge in [0.05, 0.1) is 12.1 Å². The molecule has 0 saturated heterocycles. The van der Waals surface area contributed by atoms with Crippen LogP contribution >= 0.6 is 11.3 Å². The molecule has 2 atom stereocenters. The van der Waals surface area contributed by atoms with Crippen LogP contribution in [0.5, 0.6) is 0 Å². The molecule has 2 N–H and O–H groups in total. The summed E-state index contributed by atoms with van der Waals surface area (Å²) in [5.41, 5.74) is 1.66. The third-order valence-electron chi connectivity index (χ3n) is 3.71. The minimum Gasteiger partial charge on any atom is -0.480 e. The molecule has 0 spiro atoms. The van der Waals surface area contributed by atoms with Crippen molar-refractivity contribution in [1.82, 2.24) is 10.3 Å². The Hall–Kier alpha value is -2.21. The second kappa shape index (κ2) is 7.87. The van der Waals surface area contributed by atoms with Crippen molar-refractivity contribution < 1.29 is 14.7 Å². The van der Waals surface area contributed by atoms with Crippen LogP contribution in [0.25, 0.3) is 10.6 Å². The van der Waals surface area contributed by atoms with E-state index >= 15 is 0 Å². The Morgan fingerprint density at radius 2 is 2.00 bits per heavy atom. The molecule has 0 bridgehead atoms. The minimum absolute atomic E-state index is 0.0869. The normalized spacial score (nSPS) is 13.3. The van der Waals surface area contributed by atoms with Crippen molar-refractivity contribution in [3.63, 3.8) is 0 Å². The van der Waals surface area contributed by atoms with Crippen LogP contribution < -0.4 is 5.32 Å². The van der Waals surface area contributed by atoms with Gasteiger partial charge in [-0.05, 0) is 5.92 Å². The van der Waals surface area contributed by atoms with Crippen LogP contribution in [0.3, 0.4) is 0 Å². The molecule has 1 aromatic carbocycles. The number of benzene rings is 1. The molecule has 2 aromatic rings. The van der Waals surface area contributed by atoms with Gasteiger partial charge in [-0.3, -0.25) is 4.79 Å². The van der Waals surface area contributed by atoms with Crippen LogP contribution in [0.1, 0.15) is 26.0 Å². The van der Waals surface area contributed by atoms with Crippen molar-refractivity contribution in [3.05, 3.63) is 41.4 Å². The summed E-state index contributed by atoms with van der Waals surface area (Å²) in [5.74, 6) is -1.44. The Bertz CT molecular complexity index is 669. The number of hydrogen-bond acceptors (Lipinski definition) is 4. The number of nitrogens with zero attached hydrogens (tertiary/aromatic N) is 1. The lowest BCUT2D eigenvalue weighted by molar-refractivity contribution is -0.143. The van der Waals surface area contributed by atoms with E-state index < -0.39 is 12.0 Å². The van der Waals surface area contributed by atoms with E-state index in [1.807, 2.05) is 49.6 Å². The first-order valence-corrected chi connectivity index (χ1v) is 8.41. The highest BCUT2D eigenvalue weighted by molar-refractivity contribution is 7.13. The number of aliphatic carboxylic acids is 1. The molecule has 0 aliphatic heterocycles. The molecule has 2 unspecified atom stereocenters. The van der Waals surface area contributed by atoms with Gasteiger partial charge in [0.1, 0.15) is 11.0 Å². The monoisotopic (exact) mass is 332 g/mol. The zero-order valence-electron chi connectivity index (χ0n) is 13.2. The Morgan fingerprint density at radius 1 is 1.30 bits per heavy atom. The second-order valence-corrected chi connectivity index (χ2v) is 6.31. The third kappa shape index (κ3) is 4.63. The molecule has 0 radical (unpaired) electrons. The molecular formula is C17H20N2O3S. The van der Waals surface area contributed by atoms with Gasteiger partial charge in [-0.15, -0.1) is 11.3 Å². The summed E-state index contributed by atoms with van der Waals surface area (Å²) in [5, 5.41) is 14.5. The van der Waals surface area contributed by atoms with Crippen molar-refractivity contribution in [2.45, 2.75) is 32.7 Å². The zero-order valence-corrected chi connectivity index (χ0v) is 14.0. The highest BCUT2D eigenvalue weighted by atomic mass is 32.1. The first-order valence-electron chi connectivity index (χ1n) is 7.53. The smallest absolute Gasteiger partial charge is 0.326 e. The van der Waals surface area contributed by atoms with Crippen molar-refractivity contribution in [3.8, 4) is 10.6 Å². The Labute approximate surface area is 139 Å². The number of carboxylic acids is 1. The first kappa shape index (κ1) is 17.1. The predicted octanol–water partition coefficient (Wildman–Crippen LogP) is 2.97. The summed E-state index contributed by atoms with van der Waals surface area (Å²) in [6, 6.07) is 8.88. The molecule has 2 rings (SSSR count). The van der Waals surface area contributed by atoms with Crippen LogP contribution in [0.15, 0.2) is 35.7 Å². The number of thiazole rings is 1. The fourth-order valence-corrected chi connectivity index (χ4v) is 3.00. The van der Waals surface area contributed by atoms with Gasteiger partial charge < -0.3 is 10.4 Å². The van der Waals surface area contributed by atoms with E-state index in [0.717, 1.165) is 10.6 Å². The molecule has 0 saturated carbocycles. The second-order valence-electron chi connectivity index (χ2n) is 5.46. The summed E-state index contributed by atoms with van der Waals surface area (Å²) in [6.07, 6.45) is 0.773. The van der Waals surface area contributed by atoms with Crippen LogP contribution in [0, 0.1) is 5.92 Å². The lowest BCUT2D eigenvalue weighted by atomic mass is 9.99. The highest BCUT2D eigenvalue weighted by Crippen LogP contribution is 2.23. The number of carbonyl (C=O) groups excluding carboxylic acids is 1. The van der Waals surface area contributed by atoms with Crippen LogP contribution in [-0.2, 0) is 16.0 Å². The largest absolute Gasteiger partial charge is 0.480 e. The number of aromatic nitrogens is 1. The van der Waals surface area contributed by atoms with Gasteiger partial charge in [0.2, 0.25) is 5.91 Å². The topological polar surface area (TPSA) is 79.3 Å². The number of carbonyl (C=O) groups is 2. The van der Waals surface area contributed by atoms with Crippen molar-refractivity contribution in [2.24, 2.45) is 5.92 Å². The Balaban J connectivity index is 2.01. The summed E-state index contributed by atoms with van der Waals surface area (Å²) in [4.78, 5) is 27.8. The first-order chi connectivity index (χ1) is 11.0. The molecule has 23 heavy (non-hydrogen) atoms. The summed E-state index contributed by atoms with van der Waals surface area (Å²) >= 11 is 1.47. The van der Waals surface area contributed by atoms with Gasteiger partial charge in [-0.25, -0.2) is 9.78 Å². The summed E-state index contributed by atoms with van der Waals surface area (Å²) in [6.45, 7) is 3.72. The standard InChI is InChI=1S/C17H20N2O3S/c1-3-11(2)15(17(21)22)19-14(20)9-13-10-23-16(18-13)12-7-5-4-6-8-12/h4-8,10-11,15H,3,9H2,1-2H3,(H,19,20)(H,21,22). The zero-order chi connectivity index (χ0) is 16.8. The van der Waals surface area contributed by atoms with Crippen molar-refractivity contribution in [2.75, 3.05) is 0 Å². The molecule has 0 fully saturated rings. The fourth-order valence-electron chi connectivity index (χ4n) is 2.17. The molecule has 0 aliphatic carbocycles. The molecule has 1 amide bonds. The average Bonchev–Trinajstić information content (AvgIpc) is 3.01. The Morgan fingerprint density at radius 3 is 2.61 bits per heavy atom. The maximum absolute atomic E-state index is 12.1. The van der Waals surface area contributed by atoms with Crippen LogP contribution in [0.2, 0.25) is 0 Å². The summed E-state index contributed by atoms with van der Waals surface area (Å²) in [7, 11) is 0. The van der Waals surface area contributed by atoms with Crippen LogP contribution in [-0.4, -0.2) is 28.0 Å². The van der Waals surface area contributed by atoms with Gasteiger partial charge >= 0.3 is 5.97 Å². The van der Waals surface area contributed by atoms with Gasteiger partial charge in [0.15, 0.2) is 0 Å². The molecular weight excluding hydrogens is 312 g/mol. The number of hydrogen-bond donors (Lipinski definition) is 2. The van der Waals surface area contributed by atoms with Crippen molar-refractivity contribution >= 4 is 23.2 Å². The van der Waals surface area contributed by atoms with Crippen molar-refractivity contribution in [1.29, 1.82) is 0 Å². The third-order valence-corrected chi connectivity index (χ3v) is 4.65. The number of nitrogens with one attached hydrogen (secondary N) is 1. The van der Waals surface area contributed by atoms with Crippen LogP contribution in [0.4, 0.5) is 0 Å². The van der Waals surface area contributed by atoms with E-state index in [1.54, 1.807) is 0 Å². The van der Waals surface area contributed by atoms with E-state index in [9.17, 15) is 14.7 Å².